The lowest BCUT2D eigenvalue weighted by atomic mass is 10.0. The molecule has 23 heavy (non-hydrogen) atoms. The summed E-state index contributed by atoms with van der Waals surface area (Å²) in [5, 5.41) is 4.03. The number of rotatable bonds is 2. The van der Waals surface area contributed by atoms with Crippen LogP contribution in [-0.4, -0.2) is 63.4 Å². The van der Waals surface area contributed by atoms with Crippen molar-refractivity contribution in [3.63, 3.8) is 0 Å². The van der Waals surface area contributed by atoms with Gasteiger partial charge in [-0.05, 0) is 33.6 Å². The number of aryl methyl sites for hydroxylation is 1. The summed E-state index contributed by atoms with van der Waals surface area (Å²) in [4.78, 5) is 28.0. The second kappa shape index (κ2) is 6.60. The minimum atomic E-state index is -0.485. The summed E-state index contributed by atoms with van der Waals surface area (Å²) in [7, 11) is 3.60. The van der Waals surface area contributed by atoms with Gasteiger partial charge in [0.05, 0.1) is 11.8 Å². The van der Waals surface area contributed by atoms with Gasteiger partial charge in [-0.2, -0.15) is 5.10 Å². The maximum absolute atomic E-state index is 12.4. The number of hydrogen-bond acceptors (Lipinski definition) is 4. The first kappa shape index (κ1) is 17.3. The Kier molecular flexibility index (Phi) is 4.97. The fourth-order valence-corrected chi connectivity index (χ4v) is 2.66. The molecule has 2 amide bonds. The van der Waals surface area contributed by atoms with Crippen molar-refractivity contribution in [2.75, 3.05) is 20.1 Å². The molecule has 2 rings (SSSR count). The van der Waals surface area contributed by atoms with Gasteiger partial charge in [0, 0.05) is 39.4 Å². The number of hydrogen-bond donors (Lipinski definition) is 0. The molecule has 7 heteroatoms. The van der Waals surface area contributed by atoms with E-state index in [0.717, 1.165) is 12.8 Å². The molecule has 1 aliphatic heterocycles. The maximum atomic E-state index is 12.4. The van der Waals surface area contributed by atoms with Crippen LogP contribution >= 0.6 is 0 Å². The predicted octanol–water partition coefficient (Wildman–Crippen LogP) is 1.89. The quantitative estimate of drug-likeness (QED) is 0.834. The Hall–Kier alpha value is -2.05. The molecule has 0 saturated carbocycles. The van der Waals surface area contributed by atoms with Crippen LogP contribution in [0.4, 0.5) is 4.79 Å². The molecule has 0 aromatic carbocycles. The Balaban J connectivity index is 1.88. The highest BCUT2D eigenvalue weighted by Crippen LogP contribution is 2.19. The number of piperidine rings is 1. The normalized spacial score (nSPS) is 16.3. The molecule has 0 unspecified atom stereocenters. The Labute approximate surface area is 137 Å². The van der Waals surface area contributed by atoms with Crippen LogP contribution in [-0.2, 0) is 11.8 Å². The number of amides is 2. The molecule has 2 heterocycles. The molecule has 0 aliphatic carbocycles. The van der Waals surface area contributed by atoms with Crippen LogP contribution in [0.15, 0.2) is 12.4 Å². The van der Waals surface area contributed by atoms with Crippen LogP contribution < -0.4 is 0 Å². The van der Waals surface area contributed by atoms with E-state index in [2.05, 4.69) is 5.10 Å². The molecule has 0 spiro atoms. The summed E-state index contributed by atoms with van der Waals surface area (Å²) in [5.74, 6) is -0.0335. The molecular formula is C16H26N4O3. The molecule has 1 saturated heterocycles. The third kappa shape index (κ3) is 4.46. The van der Waals surface area contributed by atoms with E-state index in [1.54, 1.807) is 33.9 Å². The molecular weight excluding hydrogens is 296 g/mol. The standard InChI is InChI=1S/C16H26N4O3/c1-16(2,3)23-15(22)20-8-6-13(7-9-20)19(5)14(21)12-10-17-18(4)11-12/h10-11,13H,6-9H2,1-5H3. The second-order valence-electron chi connectivity index (χ2n) is 7.02. The zero-order valence-electron chi connectivity index (χ0n) is 14.6. The lowest BCUT2D eigenvalue weighted by Gasteiger charge is -2.37. The second-order valence-corrected chi connectivity index (χ2v) is 7.02. The summed E-state index contributed by atoms with van der Waals surface area (Å²) in [5.41, 5.74) is 0.102. The van der Waals surface area contributed by atoms with E-state index in [-0.39, 0.29) is 18.0 Å². The fraction of sp³-hybridized carbons (Fsp3) is 0.688. The molecule has 1 fully saturated rings. The van der Waals surface area contributed by atoms with Crippen LogP contribution in [0.25, 0.3) is 0 Å². The first-order valence-electron chi connectivity index (χ1n) is 7.91. The van der Waals surface area contributed by atoms with Gasteiger partial charge in [-0.15, -0.1) is 0 Å². The van der Waals surface area contributed by atoms with Crippen molar-refractivity contribution in [2.24, 2.45) is 7.05 Å². The zero-order valence-corrected chi connectivity index (χ0v) is 14.6. The number of aromatic nitrogens is 2. The lowest BCUT2D eigenvalue weighted by molar-refractivity contribution is 0.0160. The van der Waals surface area contributed by atoms with E-state index < -0.39 is 5.60 Å². The van der Waals surface area contributed by atoms with Crippen LogP contribution in [0.1, 0.15) is 44.0 Å². The number of likely N-dealkylation sites (tertiary alicyclic amines) is 1. The third-order valence-corrected chi connectivity index (χ3v) is 3.94. The Morgan fingerprint density at radius 3 is 2.39 bits per heavy atom. The van der Waals surface area contributed by atoms with Gasteiger partial charge in [-0.1, -0.05) is 0 Å². The smallest absolute Gasteiger partial charge is 0.410 e. The van der Waals surface area contributed by atoms with Crippen molar-refractivity contribution >= 4 is 12.0 Å². The van der Waals surface area contributed by atoms with Crippen molar-refractivity contribution in [3.05, 3.63) is 18.0 Å². The first-order chi connectivity index (χ1) is 10.7. The number of carbonyl (C=O) groups is 2. The average molecular weight is 322 g/mol. The Morgan fingerprint density at radius 2 is 1.91 bits per heavy atom. The molecule has 128 valence electrons. The van der Waals surface area contributed by atoms with Gasteiger partial charge in [-0.25, -0.2) is 4.79 Å². The molecule has 1 aliphatic rings. The van der Waals surface area contributed by atoms with Gasteiger partial charge in [0.1, 0.15) is 5.60 Å². The van der Waals surface area contributed by atoms with Crippen LogP contribution in [0.2, 0.25) is 0 Å². The van der Waals surface area contributed by atoms with Crippen molar-refractivity contribution in [1.82, 2.24) is 19.6 Å². The van der Waals surface area contributed by atoms with Crippen molar-refractivity contribution in [3.8, 4) is 0 Å². The van der Waals surface area contributed by atoms with E-state index >= 15 is 0 Å². The van der Waals surface area contributed by atoms with Gasteiger partial charge < -0.3 is 14.5 Å². The van der Waals surface area contributed by atoms with E-state index in [0.29, 0.717) is 18.7 Å². The highest BCUT2D eigenvalue weighted by molar-refractivity contribution is 5.93. The summed E-state index contributed by atoms with van der Waals surface area (Å²) in [6.07, 6.45) is 4.52. The maximum Gasteiger partial charge on any atom is 0.410 e. The summed E-state index contributed by atoms with van der Waals surface area (Å²) < 4.78 is 7.01. The predicted molar refractivity (Wildman–Crippen MR) is 86.1 cm³/mol. The van der Waals surface area contributed by atoms with E-state index in [1.165, 1.54) is 0 Å². The minimum absolute atomic E-state index is 0.0335. The van der Waals surface area contributed by atoms with Gasteiger partial charge in [-0.3, -0.25) is 9.48 Å². The highest BCUT2D eigenvalue weighted by Gasteiger charge is 2.30. The summed E-state index contributed by atoms with van der Waals surface area (Å²) in [6.45, 7) is 6.78. The van der Waals surface area contributed by atoms with Crippen LogP contribution in [0.5, 0.6) is 0 Å². The zero-order chi connectivity index (χ0) is 17.2. The topological polar surface area (TPSA) is 67.7 Å². The third-order valence-electron chi connectivity index (χ3n) is 3.94. The number of ether oxygens (including phenoxy) is 1. The van der Waals surface area contributed by atoms with Crippen molar-refractivity contribution in [2.45, 2.75) is 45.3 Å². The molecule has 0 bridgehead atoms. The minimum Gasteiger partial charge on any atom is -0.444 e. The van der Waals surface area contributed by atoms with Crippen molar-refractivity contribution in [1.29, 1.82) is 0 Å². The first-order valence-corrected chi connectivity index (χ1v) is 7.91. The largest absolute Gasteiger partial charge is 0.444 e. The van der Waals surface area contributed by atoms with Crippen molar-refractivity contribution < 1.29 is 14.3 Å². The van der Waals surface area contributed by atoms with Gasteiger partial charge in [0.2, 0.25) is 0 Å². The number of nitrogens with zero attached hydrogens (tertiary/aromatic N) is 4. The van der Waals surface area contributed by atoms with Crippen LogP contribution in [0.3, 0.4) is 0 Å². The SMILES string of the molecule is CN(C(=O)c1cnn(C)c1)C1CCN(C(=O)OC(C)(C)C)CC1. The molecule has 0 radical (unpaired) electrons. The molecule has 1 aromatic rings. The molecule has 0 atom stereocenters. The van der Waals surface area contributed by atoms with E-state index in [9.17, 15) is 9.59 Å². The van der Waals surface area contributed by atoms with E-state index in [4.69, 9.17) is 4.74 Å². The van der Waals surface area contributed by atoms with E-state index in [1.807, 2.05) is 27.8 Å². The average Bonchev–Trinajstić information content (AvgIpc) is 2.90. The summed E-state index contributed by atoms with van der Waals surface area (Å²) >= 11 is 0. The summed E-state index contributed by atoms with van der Waals surface area (Å²) in [6, 6.07) is 0.126. The van der Waals surface area contributed by atoms with Gasteiger partial charge in [0.15, 0.2) is 0 Å². The molecule has 1 aromatic heterocycles. The van der Waals surface area contributed by atoms with Gasteiger partial charge in [0.25, 0.3) is 5.91 Å². The highest BCUT2D eigenvalue weighted by atomic mass is 16.6. The van der Waals surface area contributed by atoms with Crippen LogP contribution in [0, 0.1) is 0 Å². The monoisotopic (exact) mass is 322 g/mol. The molecule has 0 N–H and O–H groups in total. The fourth-order valence-electron chi connectivity index (χ4n) is 2.66. The van der Waals surface area contributed by atoms with Gasteiger partial charge >= 0.3 is 6.09 Å². The Morgan fingerprint density at radius 1 is 1.30 bits per heavy atom. The molecule has 7 nitrogen and oxygen atoms in total. The Bertz CT molecular complexity index is 568. The lowest BCUT2D eigenvalue weighted by Crippen LogP contribution is -2.48. The number of carbonyl (C=O) groups excluding carboxylic acids is 2.